The summed E-state index contributed by atoms with van der Waals surface area (Å²) in [4.78, 5) is 0.108. The van der Waals surface area contributed by atoms with Crippen molar-refractivity contribution in [3.63, 3.8) is 0 Å². The summed E-state index contributed by atoms with van der Waals surface area (Å²) < 4.78 is 32.1. The normalized spacial score (nSPS) is 21.9. The monoisotopic (exact) mass is 365 g/mol. The number of rotatable bonds is 4. The number of furan rings is 1. The molecule has 0 bridgehead atoms. The Morgan fingerprint density at radius 1 is 1.45 bits per heavy atom. The van der Waals surface area contributed by atoms with Crippen LogP contribution < -0.4 is 0 Å². The molecule has 5 nitrogen and oxygen atoms in total. The molecule has 1 aliphatic rings. The molecule has 1 aromatic rings. The van der Waals surface area contributed by atoms with E-state index in [2.05, 4.69) is 22.9 Å². The molecule has 1 aromatic heterocycles. The molecule has 1 saturated heterocycles. The largest absolute Gasteiger partial charge is 0.450 e. The van der Waals surface area contributed by atoms with Crippen LogP contribution in [-0.4, -0.2) is 30.9 Å². The topological polar surface area (TPSA) is 70.8 Å². The van der Waals surface area contributed by atoms with Gasteiger partial charge in [-0.3, -0.25) is 0 Å². The molecule has 0 aliphatic carbocycles. The van der Waals surface area contributed by atoms with E-state index in [9.17, 15) is 8.42 Å². The van der Waals surface area contributed by atoms with Crippen molar-refractivity contribution in [3.8, 4) is 0 Å². The number of aliphatic hydroxyl groups is 1. The fourth-order valence-electron chi connectivity index (χ4n) is 2.58. The van der Waals surface area contributed by atoms with Crippen molar-refractivity contribution in [2.45, 2.75) is 44.1 Å². The van der Waals surface area contributed by atoms with E-state index in [1.165, 1.54) is 10.4 Å². The lowest BCUT2D eigenvalue weighted by Crippen LogP contribution is -2.32. The van der Waals surface area contributed by atoms with E-state index in [-0.39, 0.29) is 21.9 Å². The Balaban J connectivity index is 2.23. The van der Waals surface area contributed by atoms with Crippen molar-refractivity contribution in [2.24, 2.45) is 5.92 Å². The first-order valence-electron chi connectivity index (χ1n) is 6.88. The molecule has 1 N–H and O–H groups in total. The zero-order valence-electron chi connectivity index (χ0n) is 11.5. The fraction of sp³-hybridized carbons (Fsp3) is 0.692. The third-order valence-electron chi connectivity index (χ3n) is 3.86. The van der Waals surface area contributed by atoms with Gasteiger partial charge in [-0.25, -0.2) is 8.42 Å². The molecule has 0 radical (unpaired) electrons. The van der Waals surface area contributed by atoms with Gasteiger partial charge in [0.1, 0.15) is 17.3 Å². The standard InChI is InChI=1S/C13H20BrNO4S/c1-2-10-4-3-6-15(7-5-10)20(17,18)12-8-11(9-16)19-13(12)14/h8,10,16H,2-7,9H2,1H3. The van der Waals surface area contributed by atoms with Gasteiger partial charge >= 0.3 is 0 Å². The molecule has 1 atom stereocenters. The molecule has 0 spiro atoms. The lowest BCUT2D eigenvalue weighted by molar-refractivity contribution is 0.245. The van der Waals surface area contributed by atoms with Gasteiger partial charge in [0.25, 0.3) is 0 Å². The first kappa shape index (κ1) is 16.0. The maximum Gasteiger partial charge on any atom is 0.247 e. The number of sulfonamides is 1. The zero-order chi connectivity index (χ0) is 14.8. The smallest absolute Gasteiger partial charge is 0.247 e. The molecule has 1 unspecified atom stereocenters. The molecular formula is C13H20BrNO4S. The maximum atomic E-state index is 12.6. The average molecular weight is 366 g/mol. The minimum Gasteiger partial charge on any atom is -0.450 e. The van der Waals surface area contributed by atoms with Gasteiger partial charge in [0.15, 0.2) is 4.67 Å². The Hall–Kier alpha value is -0.370. The van der Waals surface area contributed by atoms with Crippen molar-refractivity contribution >= 4 is 26.0 Å². The Morgan fingerprint density at radius 3 is 2.80 bits per heavy atom. The van der Waals surface area contributed by atoms with Crippen molar-refractivity contribution < 1.29 is 17.9 Å². The van der Waals surface area contributed by atoms with Gasteiger partial charge < -0.3 is 9.52 Å². The predicted molar refractivity (Wildman–Crippen MR) is 78.7 cm³/mol. The summed E-state index contributed by atoms with van der Waals surface area (Å²) in [5.74, 6) is 0.854. The van der Waals surface area contributed by atoms with E-state index in [1.807, 2.05) is 0 Å². The van der Waals surface area contributed by atoms with Gasteiger partial charge in [-0.15, -0.1) is 0 Å². The van der Waals surface area contributed by atoms with Gasteiger partial charge in [0, 0.05) is 19.2 Å². The molecule has 2 rings (SSSR count). The van der Waals surface area contributed by atoms with Gasteiger partial charge in [0.05, 0.1) is 0 Å². The number of hydrogen-bond donors (Lipinski definition) is 1. The van der Waals surface area contributed by atoms with Gasteiger partial charge in [-0.1, -0.05) is 13.3 Å². The fourth-order valence-corrected chi connectivity index (χ4v) is 5.03. The minimum atomic E-state index is -3.56. The molecule has 0 amide bonds. The van der Waals surface area contributed by atoms with Crippen molar-refractivity contribution in [1.29, 1.82) is 0 Å². The summed E-state index contributed by atoms with van der Waals surface area (Å²) >= 11 is 3.12. The number of halogens is 1. The third kappa shape index (κ3) is 3.27. The van der Waals surface area contributed by atoms with E-state index in [4.69, 9.17) is 9.52 Å². The molecule has 1 fully saturated rings. The highest BCUT2D eigenvalue weighted by molar-refractivity contribution is 9.10. The molecular weight excluding hydrogens is 346 g/mol. The minimum absolute atomic E-state index is 0.108. The number of nitrogens with zero attached hydrogens (tertiary/aromatic N) is 1. The summed E-state index contributed by atoms with van der Waals surface area (Å²) in [5.41, 5.74) is 0. The highest BCUT2D eigenvalue weighted by Gasteiger charge is 2.31. The quantitative estimate of drug-likeness (QED) is 0.890. The lowest BCUT2D eigenvalue weighted by Gasteiger charge is -2.19. The van der Waals surface area contributed by atoms with Crippen molar-refractivity contribution in [2.75, 3.05) is 13.1 Å². The summed E-state index contributed by atoms with van der Waals surface area (Å²) in [6.07, 6.45) is 3.97. The lowest BCUT2D eigenvalue weighted by atomic mass is 9.98. The second-order valence-electron chi connectivity index (χ2n) is 5.12. The van der Waals surface area contributed by atoms with Crippen LogP contribution in [-0.2, 0) is 16.6 Å². The van der Waals surface area contributed by atoms with Crippen LogP contribution in [0.2, 0.25) is 0 Å². The van der Waals surface area contributed by atoms with E-state index in [0.29, 0.717) is 19.0 Å². The number of aliphatic hydroxyl groups excluding tert-OH is 1. The van der Waals surface area contributed by atoms with Crippen LogP contribution in [0.1, 0.15) is 38.4 Å². The van der Waals surface area contributed by atoms with E-state index >= 15 is 0 Å². The maximum absolute atomic E-state index is 12.6. The molecule has 1 aliphatic heterocycles. The third-order valence-corrected chi connectivity index (χ3v) is 6.62. The second-order valence-corrected chi connectivity index (χ2v) is 7.74. The summed E-state index contributed by atoms with van der Waals surface area (Å²) in [6.45, 7) is 2.93. The molecule has 0 aromatic carbocycles. The molecule has 114 valence electrons. The van der Waals surface area contributed by atoms with Crippen molar-refractivity contribution in [1.82, 2.24) is 4.31 Å². The van der Waals surface area contributed by atoms with Crippen molar-refractivity contribution in [3.05, 3.63) is 16.5 Å². The second kappa shape index (κ2) is 6.60. The Kier molecular flexibility index (Phi) is 5.28. The summed E-state index contributed by atoms with van der Waals surface area (Å²) in [7, 11) is -3.56. The Bertz CT molecular complexity index is 555. The van der Waals surface area contributed by atoms with E-state index < -0.39 is 10.0 Å². The van der Waals surface area contributed by atoms with E-state index in [0.717, 1.165) is 25.7 Å². The Morgan fingerprint density at radius 2 is 2.20 bits per heavy atom. The van der Waals surface area contributed by atoms with Crippen LogP contribution in [0.4, 0.5) is 0 Å². The van der Waals surface area contributed by atoms with Crippen LogP contribution in [0.15, 0.2) is 20.0 Å². The van der Waals surface area contributed by atoms with Crippen LogP contribution in [0, 0.1) is 5.92 Å². The van der Waals surface area contributed by atoms with Crippen LogP contribution >= 0.6 is 15.9 Å². The van der Waals surface area contributed by atoms with Crippen LogP contribution in [0.25, 0.3) is 0 Å². The molecule has 0 saturated carbocycles. The Labute approximate surface area is 128 Å². The zero-order valence-corrected chi connectivity index (χ0v) is 13.9. The van der Waals surface area contributed by atoms with Gasteiger partial charge in [-0.2, -0.15) is 4.31 Å². The van der Waals surface area contributed by atoms with Gasteiger partial charge in [0.2, 0.25) is 10.0 Å². The summed E-state index contributed by atoms with van der Waals surface area (Å²) in [5, 5.41) is 9.04. The predicted octanol–water partition coefficient (Wildman–Crippen LogP) is 2.74. The first-order chi connectivity index (χ1) is 9.48. The van der Waals surface area contributed by atoms with Gasteiger partial charge in [-0.05, 0) is 41.1 Å². The molecule has 2 heterocycles. The van der Waals surface area contributed by atoms with Crippen LogP contribution in [0.5, 0.6) is 0 Å². The SMILES string of the molecule is CCC1CCCN(S(=O)(=O)c2cc(CO)oc2Br)CC1. The van der Waals surface area contributed by atoms with Crippen LogP contribution in [0.3, 0.4) is 0 Å². The molecule has 20 heavy (non-hydrogen) atoms. The number of hydrogen-bond acceptors (Lipinski definition) is 4. The highest BCUT2D eigenvalue weighted by Crippen LogP contribution is 2.31. The first-order valence-corrected chi connectivity index (χ1v) is 9.11. The average Bonchev–Trinajstić information content (AvgIpc) is 2.66. The summed E-state index contributed by atoms with van der Waals surface area (Å²) in [6, 6.07) is 1.39. The van der Waals surface area contributed by atoms with E-state index in [1.54, 1.807) is 0 Å². The highest BCUT2D eigenvalue weighted by atomic mass is 79.9. The molecule has 7 heteroatoms.